The fourth-order valence-corrected chi connectivity index (χ4v) is 0.958. The fraction of sp³-hybridized carbons (Fsp3) is 0.143. The van der Waals surface area contributed by atoms with Gasteiger partial charge in [-0.25, -0.2) is 8.78 Å². The molecule has 0 unspecified atom stereocenters. The van der Waals surface area contributed by atoms with Crippen molar-refractivity contribution in [2.45, 2.75) is 0 Å². The molecule has 1 nitrogen and oxygen atoms in total. The van der Waals surface area contributed by atoms with Gasteiger partial charge in [-0.05, 0) is 19.2 Å². The lowest BCUT2D eigenvalue weighted by molar-refractivity contribution is 0.582. The Morgan fingerprint density at radius 1 is 1.09 bits per heavy atom. The van der Waals surface area contributed by atoms with Gasteiger partial charge >= 0.3 is 0 Å². The molecule has 1 aromatic carbocycles. The Hall–Kier alpha value is -0.480. The van der Waals surface area contributed by atoms with E-state index in [4.69, 9.17) is 0 Å². The summed E-state index contributed by atoms with van der Waals surface area (Å²) in [5.41, 5.74) is 4.50. The highest BCUT2D eigenvalue weighted by molar-refractivity contribution is 9.10. The largest absolute Gasteiger partial charge is 0.333 e. The summed E-state index contributed by atoms with van der Waals surface area (Å²) >= 11 is 2.93. The van der Waals surface area contributed by atoms with Crippen LogP contribution in [0.15, 0.2) is 22.7 Å². The first kappa shape index (κ1) is 10.5. The second kappa shape index (κ2) is 5.21. The van der Waals surface area contributed by atoms with Crippen LogP contribution in [0.5, 0.6) is 0 Å². The third-order valence-corrected chi connectivity index (χ3v) is 1.29. The van der Waals surface area contributed by atoms with Gasteiger partial charge in [0.15, 0.2) is 0 Å². The van der Waals surface area contributed by atoms with Crippen LogP contribution in [0.3, 0.4) is 0 Å². The van der Waals surface area contributed by atoms with Crippen molar-refractivity contribution in [1.29, 1.82) is 0 Å². The Labute approximate surface area is 72.3 Å². The molecule has 0 saturated carbocycles. The van der Waals surface area contributed by atoms with Gasteiger partial charge in [0.05, 0.1) is 0 Å². The maximum Gasteiger partial charge on any atom is 0.127 e. The fourth-order valence-electron chi connectivity index (χ4n) is 0.520. The highest BCUT2D eigenvalue weighted by atomic mass is 79.9. The third-order valence-electron chi connectivity index (χ3n) is 0.827. The Morgan fingerprint density at radius 2 is 1.45 bits per heavy atom. The van der Waals surface area contributed by atoms with E-state index in [1.807, 2.05) is 0 Å². The highest BCUT2D eigenvalue weighted by Gasteiger charge is 1.95. The van der Waals surface area contributed by atoms with Gasteiger partial charge in [0.25, 0.3) is 0 Å². The second-order valence-corrected chi connectivity index (χ2v) is 2.50. The molecule has 0 amide bonds. The molecule has 0 saturated heterocycles. The van der Waals surface area contributed by atoms with E-state index in [0.717, 1.165) is 6.07 Å². The van der Waals surface area contributed by atoms with E-state index in [9.17, 15) is 8.78 Å². The molecule has 0 atom stereocenters. The van der Waals surface area contributed by atoms with Crippen molar-refractivity contribution in [2.24, 2.45) is 5.73 Å². The van der Waals surface area contributed by atoms with Crippen molar-refractivity contribution < 1.29 is 8.78 Å². The standard InChI is InChI=1S/C6H3BrF2.CH5N/c7-4-1-5(8)3-6(9)2-4;1-2/h1-3H;2H2,1H3. The SMILES string of the molecule is CN.Fc1cc(F)cc(Br)c1. The van der Waals surface area contributed by atoms with Crippen LogP contribution in [0.2, 0.25) is 0 Å². The zero-order valence-corrected chi connectivity index (χ0v) is 7.53. The Morgan fingerprint density at radius 3 is 1.73 bits per heavy atom. The Bertz CT molecular complexity index is 177. The summed E-state index contributed by atoms with van der Waals surface area (Å²) in [6.45, 7) is 0. The smallest absolute Gasteiger partial charge is 0.127 e. The summed E-state index contributed by atoms with van der Waals surface area (Å²) in [7, 11) is 1.50. The average molecular weight is 224 g/mol. The molecule has 0 fully saturated rings. The second-order valence-electron chi connectivity index (χ2n) is 1.59. The van der Waals surface area contributed by atoms with Crippen molar-refractivity contribution in [3.63, 3.8) is 0 Å². The van der Waals surface area contributed by atoms with E-state index in [0.29, 0.717) is 4.47 Å². The molecule has 1 aromatic rings. The first-order chi connectivity index (χ1) is 5.18. The Balaban J connectivity index is 0.000000461. The number of rotatable bonds is 0. The first-order valence-corrected chi connectivity index (χ1v) is 3.67. The number of nitrogens with two attached hydrogens (primary N) is 1. The van der Waals surface area contributed by atoms with Gasteiger partial charge in [0.2, 0.25) is 0 Å². The van der Waals surface area contributed by atoms with Crippen molar-refractivity contribution >= 4 is 15.9 Å². The van der Waals surface area contributed by atoms with Crippen LogP contribution in [0, 0.1) is 11.6 Å². The molecule has 1 rings (SSSR count). The predicted molar refractivity (Wildman–Crippen MR) is 44.2 cm³/mol. The molecular formula is C7H8BrF2N. The summed E-state index contributed by atoms with van der Waals surface area (Å²) < 4.78 is 24.7. The van der Waals surface area contributed by atoms with E-state index < -0.39 is 11.6 Å². The van der Waals surface area contributed by atoms with Crippen molar-refractivity contribution in [3.05, 3.63) is 34.3 Å². The summed E-state index contributed by atoms with van der Waals surface area (Å²) in [6, 6.07) is 3.22. The van der Waals surface area contributed by atoms with Gasteiger partial charge in [-0.2, -0.15) is 0 Å². The molecule has 62 valence electrons. The van der Waals surface area contributed by atoms with Gasteiger partial charge in [0, 0.05) is 10.5 Å². The molecular weight excluding hydrogens is 216 g/mol. The van der Waals surface area contributed by atoms with E-state index in [1.165, 1.54) is 19.2 Å². The molecule has 2 N–H and O–H groups in total. The zero-order valence-electron chi connectivity index (χ0n) is 5.94. The Kier molecular flexibility index (Phi) is 4.98. The summed E-state index contributed by atoms with van der Waals surface area (Å²) in [6.07, 6.45) is 0. The van der Waals surface area contributed by atoms with E-state index >= 15 is 0 Å². The van der Waals surface area contributed by atoms with Crippen molar-refractivity contribution in [1.82, 2.24) is 0 Å². The van der Waals surface area contributed by atoms with E-state index in [-0.39, 0.29) is 0 Å². The number of hydrogen-bond acceptors (Lipinski definition) is 1. The third kappa shape index (κ3) is 4.06. The van der Waals surface area contributed by atoms with Crippen molar-refractivity contribution in [2.75, 3.05) is 7.05 Å². The quantitative estimate of drug-likeness (QED) is 0.718. The van der Waals surface area contributed by atoms with Gasteiger partial charge < -0.3 is 5.73 Å². The lowest BCUT2D eigenvalue weighted by Gasteiger charge is -1.89. The van der Waals surface area contributed by atoms with E-state index in [2.05, 4.69) is 21.7 Å². The number of halogens is 3. The molecule has 0 aliphatic rings. The van der Waals surface area contributed by atoms with Crippen LogP contribution in [-0.4, -0.2) is 7.05 Å². The van der Waals surface area contributed by atoms with Gasteiger partial charge in [-0.1, -0.05) is 15.9 Å². The minimum absolute atomic E-state index is 0.417. The van der Waals surface area contributed by atoms with Gasteiger partial charge in [-0.3, -0.25) is 0 Å². The summed E-state index contributed by atoms with van der Waals surface area (Å²) in [4.78, 5) is 0. The molecule has 0 heterocycles. The molecule has 0 radical (unpaired) electrons. The maximum absolute atomic E-state index is 12.2. The minimum Gasteiger partial charge on any atom is -0.333 e. The maximum atomic E-state index is 12.2. The lowest BCUT2D eigenvalue weighted by Crippen LogP contribution is -1.77. The van der Waals surface area contributed by atoms with Crippen LogP contribution >= 0.6 is 15.9 Å². The first-order valence-electron chi connectivity index (χ1n) is 2.88. The monoisotopic (exact) mass is 223 g/mol. The molecule has 0 bridgehead atoms. The summed E-state index contributed by atoms with van der Waals surface area (Å²) in [5.74, 6) is -1.14. The van der Waals surface area contributed by atoms with Crippen LogP contribution in [0.1, 0.15) is 0 Å². The van der Waals surface area contributed by atoms with Crippen LogP contribution in [-0.2, 0) is 0 Å². The lowest BCUT2D eigenvalue weighted by atomic mass is 10.3. The predicted octanol–water partition coefficient (Wildman–Crippen LogP) is 2.30. The molecule has 0 spiro atoms. The average Bonchev–Trinajstić information content (AvgIpc) is 1.88. The molecule has 0 aliphatic carbocycles. The number of benzene rings is 1. The van der Waals surface area contributed by atoms with Crippen LogP contribution in [0.4, 0.5) is 8.78 Å². The highest BCUT2D eigenvalue weighted by Crippen LogP contribution is 2.12. The molecule has 0 aromatic heterocycles. The van der Waals surface area contributed by atoms with Crippen molar-refractivity contribution in [3.8, 4) is 0 Å². The molecule has 0 aliphatic heterocycles. The molecule has 4 heteroatoms. The minimum atomic E-state index is -0.568. The zero-order chi connectivity index (χ0) is 8.85. The van der Waals surface area contributed by atoms with Crippen LogP contribution < -0.4 is 5.73 Å². The van der Waals surface area contributed by atoms with Gasteiger partial charge in [-0.15, -0.1) is 0 Å². The van der Waals surface area contributed by atoms with Gasteiger partial charge in [0.1, 0.15) is 11.6 Å². The number of hydrogen-bond donors (Lipinski definition) is 1. The summed E-state index contributed by atoms with van der Waals surface area (Å²) in [5, 5.41) is 0. The molecule has 11 heavy (non-hydrogen) atoms. The van der Waals surface area contributed by atoms with E-state index in [1.54, 1.807) is 0 Å². The normalized spacial score (nSPS) is 8.45. The topological polar surface area (TPSA) is 26.0 Å². The van der Waals surface area contributed by atoms with Crippen LogP contribution in [0.25, 0.3) is 0 Å².